The minimum atomic E-state index is -4.76. The molecule has 0 fully saturated rings. The molecule has 0 spiro atoms. The number of halogens is 2. The van der Waals surface area contributed by atoms with Crippen molar-refractivity contribution in [3.8, 4) is 5.75 Å². The molecular formula is C25H25F2NO6S. The summed E-state index contributed by atoms with van der Waals surface area (Å²) in [6.45, 7) is 3.85. The van der Waals surface area contributed by atoms with Crippen molar-refractivity contribution in [2.75, 3.05) is 13.7 Å². The molecule has 0 aliphatic heterocycles. The number of hydrogen-bond acceptors (Lipinski definition) is 6. The summed E-state index contributed by atoms with van der Waals surface area (Å²) in [4.78, 5) is 24.3. The number of sulfone groups is 1. The lowest BCUT2D eigenvalue weighted by Crippen LogP contribution is -2.16. The Bertz CT molecular complexity index is 1310. The zero-order valence-corrected chi connectivity index (χ0v) is 20.3. The summed E-state index contributed by atoms with van der Waals surface area (Å²) in [5.41, 5.74) is 3.13. The van der Waals surface area contributed by atoms with Gasteiger partial charge < -0.3 is 14.0 Å². The first-order chi connectivity index (χ1) is 16.5. The largest absolute Gasteiger partial charge is 0.497 e. The summed E-state index contributed by atoms with van der Waals surface area (Å²) >= 11 is 0. The van der Waals surface area contributed by atoms with Crippen molar-refractivity contribution in [1.82, 2.24) is 4.57 Å². The third-order valence-electron chi connectivity index (χ3n) is 5.64. The Hall–Kier alpha value is -3.53. The Labute approximate surface area is 202 Å². The molecule has 1 heterocycles. The lowest BCUT2D eigenvalue weighted by molar-refractivity contribution is 0.0474. The van der Waals surface area contributed by atoms with Crippen molar-refractivity contribution >= 4 is 21.6 Å². The van der Waals surface area contributed by atoms with Crippen LogP contribution in [0.3, 0.4) is 0 Å². The number of alkyl halides is 2. The second kappa shape index (κ2) is 10.8. The van der Waals surface area contributed by atoms with Gasteiger partial charge in [0.05, 0.1) is 17.6 Å². The van der Waals surface area contributed by atoms with Gasteiger partial charge in [-0.25, -0.2) is 13.2 Å². The number of ether oxygens (including phenoxy) is 2. The van der Waals surface area contributed by atoms with Crippen LogP contribution < -0.4 is 4.74 Å². The van der Waals surface area contributed by atoms with Gasteiger partial charge in [0.2, 0.25) is 15.6 Å². The van der Waals surface area contributed by atoms with Gasteiger partial charge in [0.15, 0.2) is 6.61 Å². The molecule has 0 saturated heterocycles. The van der Waals surface area contributed by atoms with E-state index in [1.165, 1.54) is 0 Å². The van der Waals surface area contributed by atoms with Gasteiger partial charge in [-0.15, -0.1) is 0 Å². The number of Topliss-reactive ketones (excluding diaryl/α,β-unsaturated/α-hetero) is 1. The second-order valence-corrected chi connectivity index (χ2v) is 9.78. The molecular weight excluding hydrogens is 480 g/mol. The van der Waals surface area contributed by atoms with Gasteiger partial charge in [-0.1, -0.05) is 12.1 Å². The van der Waals surface area contributed by atoms with E-state index in [2.05, 4.69) is 0 Å². The second-order valence-electron chi connectivity index (χ2n) is 7.86. The molecule has 0 saturated carbocycles. The quantitative estimate of drug-likeness (QED) is 0.300. The van der Waals surface area contributed by atoms with Gasteiger partial charge in [0.25, 0.3) is 0 Å². The van der Waals surface area contributed by atoms with E-state index in [1.54, 1.807) is 13.2 Å². The Morgan fingerprint density at radius 1 is 1.00 bits per heavy atom. The van der Waals surface area contributed by atoms with Crippen molar-refractivity contribution in [2.45, 2.75) is 37.5 Å². The van der Waals surface area contributed by atoms with E-state index in [-0.39, 0.29) is 11.3 Å². The summed E-state index contributed by atoms with van der Waals surface area (Å²) in [6, 6.07) is 13.4. The molecule has 10 heteroatoms. The van der Waals surface area contributed by atoms with E-state index in [0.29, 0.717) is 12.1 Å². The SMILES string of the molecule is COc1ccc(CCn2c(C)cc(C(=O)COC(=O)c3ccc(S(=O)(=O)C(F)F)cc3)c2C)cc1. The molecule has 0 aliphatic carbocycles. The van der Waals surface area contributed by atoms with Crippen molar-refractivity contribution in [3.63, 3.8) is 0 Å². The summed E-state index contributed by atoms with van der Waals surface area (Å²) < 4.78 is 60.5. The van der Waals surface area contributed by atoms with Crippen molar-refractivity contribution in [3.05, 3.63) is 82.7 Å². The van der Waals surface area contributed by atoms with Crippen LogP contribution in [0.25, 0.3) is 0 Å². The van der Waals surface area contributed by atoms with Gasteiger partial charge in [0, 0.05) is 23.5 Å². The average molecular weight is 506 g/mol. The minimum Gasteiger partial charge on any atom is -0.497 e. The minimum absolute atomic E-state index is 0.0593. The molecule has 0 amide bonds. The fraction of sp³-hybridized carbons (Fsp3) is 0.280. The van der Waals surface area contributed by atoms with Crippen LogP contribution in [0.2, 0.25) is 0 Å². The van der Waals surface area contributed by atoms with Crippen LogP contribution in [0.15, 0.2) is 59.5 Å². The predicted octanol–water partition coefficient (Wildman–Crippen LogP) is 4.39. The van der Waals surface area contributed by atoms with Crippen LogP contribution in [0.5, 0.6) is 5.75 Å². The number of carbonyl (C=O) groups is 2. The highest BCUT2D eigenvalue weighted by Gasteiger charge is 2.26. The zero-order valence-electron chi connectivity index (χ0n) is 19.5. The first kappa shape index (κ1) is 26.1. The molecule has 3 rings (SSSR count). The van der Waals surface area contributed by atoms with Crippen LogP contribution >= 0.6 is 0 Å². The average Bonchev–Trinajstić information content (AvgIpc) is 3.14. The normalized spacial score (nSPS) is 11.5. The van der Waals surface area contributed by atoms with E-state index in [4.69, 9.17) is 9.47 Å². The summed E-state index contributed by atoms with van der Waals surface area (Å²) in [6.07, 6.45) is 0.750. The number of rotatable bonds is 10. The molecule has 1 aromatic heterocycles. The number of benzene rings is 2. The topological polar surface area (TPSA) is 91.7 Å². The monoisotopic (exact) mass is 505 g/mol. The smallest absolute Gasteiger partial charge is 0.341 e. The molecule has 0 atom stereocenters. The summed E-state index contributed by atoms with van der Waals surface area (Å²) in [7, 11) is -3.15. The fourth-order valence-electron chi connectivity index (χ4n) is 3.64. The highest BCUT2D eigenvalue weighted by Crippen LogP contribution is 2.20. The molecule has 2 aromatic carbocycles. The maximum atomic E-state index is 12.7. The number of ketones is 1. The number of hydrogen-bond donors (Lipinski definition) is 0. The summed E-state index contributed by atoms with van der Waals surface area (Å²) in [5.74, 6) is -4.04. The van der Waals surface area contributed by atoms with Crippen LogP contribution in [-0.4, -0.2) is 44.2 Å². The van der Waals surface area contributed by atoms with Gasteiger partial charge in [-0.3, -0.25) is 4.79 Å². The Kier molecular flexibility index (Phi) is 8.06. The number of carbonyl (C=O) groups excluding carboxylic acids is 2. The lowest BCUT2D eigenvalue weighted by atomic mass is 10.1. The third kappa shape index (κ3) is 5.94. The van der Waals surface area contributed by atoms with E-state index in [0.717, 1.165) is 53.4 Å². The number of aryl methyl sites for hydroxylation is 2. The lowest BCUT2D eigenvalue weighted by Gasteiger charge is -2.10. The highest BCUT2D eigenvalue weighted by atomic mass is 32.2. The Balaban J connectivity index is 1.62. The summed E-state index contributed by atoms with van der Waals surface area (Å²) in [5, 5.41) is 0. The molecule has 0 bridgehead atoms. The van der Waals surface area contributed by atoms with E-state index < -0.39 is 33.1 Å². The molecule has 0 unspecified atom stereocenters. The molecule has 0 N–H and O–H groups in total. The maximum Gasteiger partial charge on any atom is 0.341 e. The van der Waals surface area contributed by atoms with Crippen LogP contribution in [0.4, 0.5) is 8.78 Å². The number of aromatic nitrogens is 1. The Morgan fingerprint density at radius 2 is 1.63 bits per heavy atom. The molecule has 186 valence electrons. The fourth-order valence-corrected chi connectivity index (χ4v) is 4.36. The number of nitrogens with zero attached hydrogens (tertiary/aromatic N) is 1. The number of esters is 1. The standard InChI is InChI=1S/C25H25F2NO6S/c1-16-14-22(17(2)28(16)13-12-18-4-8-20(33-3)9-5-18)23(29)15-34-24(30)19-6-10-21(11-7-19)35(31,32)25(26)27/h4-11,14,25H,12-13,15H2,1-3H3. The van der Waals surface area contributed by atoms with Crippen LogP contribution in [-0.2, 0) is 27.5 Å². The molecule has 35 heavy (non-hydrogen) atoms. The van der Waals surface area contributed by atoms with E-state index in [9.17, 15) is 26.8 Å². The van der Waals surface area contributed by atoms with Crippen LogP contribution in [0.1, 0.15) is 37.7 Å². The molecule has 0 radical (unpaired) electrons. The van der Waals surface area contributed by atoms with E-state index >= 15 is 0 Å². The maximum absolute atomic E-state index is 12.7. The van der Waals surface area contributed by atoms with E-state index in [1.807, 2.05) is 42.7 Å². The molecule has 7 nitrogen and oxygen atoms in total. The predicted molar refractivity (Wildman–Crippen MR) is 125 cm³/mol. The van der Waals surface area contributed by atoms with Crippen molar-refractivity contribution in [2.24, 2.45) is 0 Å². The molecule has 0 aliphatic rings. The molecule has 3 aromatic rings. The van der Waals surface area contributed by atoms with Gasteiger partial charge >= 0.3 is 11.7 Å². The van der Waals surface area contributed by atoms with Gasteiger partial charge in [0.1, 0.15) is 5.75 Å². The van der Waals surface area contributed by atoms with Gasteiger partial charge in [-0.05, 0) is 68.3 Å². The van der Waals surface area contributed by atoms with Gasteiger partial charge in [-0.2, -0.15) is 8.78 Å². The first-order valence-electron chi connectivity index (χ1n) is 10.7. The Morgan fingerprint density at radius 3 is 2.20 bits per heavy atom. The zero-order chi connectivity index (χ0) is 25.8. The highest BCUT2D eigenvalue weighted by molar-refractivity contribution is 7.91. The number of methoxy groups -OCH3 is 1. The first-order valence-corrected chi connectivity index (χ1v) is 12.2. The third-order valence-corrected chi connectivity index (χ3v) is 7.04. The van der Waals surface area contributed by atoms with Crippen LogP contribution in [0, 0.1) is 13.8 Å². The van der Waals surface area contributed by atoms with Crippen molar-refractivity contribution < 1.29 is 36.3 Å². The van der Waals surface area contributed by atoms with Crippen molar-refractivity contribution in [1.29, 1.82) is 0 Å².